The fraction of sp³-hybridized carbons (Fsp3) is 0.100. The summed E-state index contributed by atoms with van der Waals surface area (Å²) < 4.78 is 0. The van der Waals surface area contributed by atoms with Crippen LogP contribution < -0.4 is 0 Å². The molecule has 0 fully saturated rings. The van der Waals surface area contributed by atoms with E-state index < -0.39 is 0 Å². The van der Waals surface area contributed by atoms with Gasteiger partial charge in [-0.2, -0.15) is 0 Å². The highest BCUT2D eigenvalue weighted by Crippen LogP contribution is 2.21. The monoisotopic (exact) mass is 171 g/mol. The molecule has 2 rings (SSSR count). The Morgan fingerprint density at radius 3 is 2.69 bits per heavy atom. The lowest BCUT2D eigenvalue weighted by Gasteiger charge is -2.03. The molecule has 2 heterocycles. The number of hydrogen-bond donors (Lipinski definition) is 0. The standard InChI is InChI=1S/C10H9N3/c1-8(9-2-3-11-4-9)10-5-12-7-13-6-10/h2-3,5-7H,1,4H2. The molecule has 0 amide bonds. The lowest BCUT2D eigenvalue weighted by molar-refractivity contribution is 1.15. The van der Waals surface area contributed by atoms with Crippen molar-refractivity contribution in [3.8, 4) is 0 Å². The molecule has 0 aromatic carbocycles. The van der Waals surface area contributed by atoms with Crippen LogP contribution in [-0.4, -0.2) is 22.7 Å². The first-order chi connectivity index (χ1) is 6.38. The minimum absolute atomic E-state index is 0.716. The summed E-state index contributed by atoms with van der Waals surface area (Å²) in [7, 11) is 0. The van der Waals surface area contributed by atoms with E-state index in [1.807, 2.05) is 6.08 Å². The van der Waals surface area contributed by atoms with Gasteiger partial charge < -0.3 is 0 Å². The predicted molar refractivity (Wildman–Crippen MR) is 52.5 cm³/mol. The Kier molecular flexibility index (Phi) is 2.00. The number of nitrogens with zero attached hydrogens (tertiary/aromatic N) is 3. The van der Waals surface area contributed by atoms with Crippen molar-refractivity contribution in [2.45, 2.75) is 0 Å². The summed E-state index contributed by atoms with van der Waals surface area (Å²) in [6.07, 6.45) is 8.79. The SMILES string of the molecule is C=C(C1=CC=NC1)c1cncnc1. The molecule has 13 heavy (non-hydrogen) atoms. The van der Waals surface area contributed by atoms with Crippen LogP contribution >= 0.6 is 0 Å². The average Bonchev–Trinajstić information content (AvgIpc) is 2.71. The fourth-order valence-electron chi connectivity index (χ4n) is 1.18. The number of aliphatic imine (C=N–C) groups is 1. The van der Waals surface area contributed by atoms with Gasteiger partial charge in [0.15, 0.2) is 0 Å². The molecule has 3 heteroatoms. The third kappa shape index (κ3) is 1.54. The van der Waals surface area contributed by atoms with Crippen LogP contribution in [0.25, 0.3) is 5.57 Å². The Hall–Kier alpha value is -1.77. The Balaban J connectivity index is 2.24. The Labute approximate surface area is 76.6 Å². The molecular formula is C10H9N3. The maximum atomic E-state index is 4.09. The smallest absolute Gasteiger partial charge is 0.115 e. The van der Waals surface area contributed by atoms with E-state index in [1.54, 1.807) is 18.6 Å². The van der Waals surface area contributed by atoms with Gasteiger partial charge in [0.25, 0.3) is 0 Å². The van der Waals surface area contributed by atoms with Crippen LogP contribution in [0.2, 0.25) is 0 Å². The van der Waals surface area contributed by atoms with Gasteiger partial charge >= 0.3 is 0 Å². The first-order valence-electron chi connectivity index (χ1n) is 4.01. The Bertz CT molecular complexity index is 376. The molecule has 0 radical (unpaired) electrons. The Morgan fingerprint density at radius 1 is 1.31 bits per heavy atom. The second-order valence-corrected chi connectivity index (χ2v) is 2.79. The van der Waals surface area contributed by atoms with Crippen LogP contribution in [0.3, 0.4) is 0 Å². The third-order valence-electron chi connectivity index (χ3n) is 1.94. The van der Waals surface area contributed by atoms with Crippen molar-refractivity contribution in [2.75, 3.05) is 6.54 Å². The zero-order chi connectivity index (χ0) is 9.10. The summed E-state index contributed by atoms with van der Waals surface area (Å²) in [5.74, 6) is 0. The summed E-state index contributed by atoms with van der Waals surface area (Å²) in [5.41, 5.74) is 3.05. The first kappa shape index (κ1) is 7.86. The van der Waals surface area contributed by atoms with Crippen molar-refractivity contribution in [1.82, 2.24) is 9.97 Å². The third-order valence-corrected chi connectivity index (χ3v) is 1.94. The zero-order valence-electron chi connectivity index (χ0n) is 7.14. The van der Waals surface area contributed by atoms with Crippen LogP contribution in [0.5, 0.6) is 0 Å². The summed E-state index contributed by atoms with van der Waals surface area (Å²) in [6.45, 7) is 4.69. The number of hydrogen-bond acceptors (Lipinski definition) is 3. The van der Waals surface area contributed by atoms with E-state index in [-0.39, 0.29) is 0 Å². The van der Waals surface area contributed by atoms with Gasteiger partial charge in [-0.15, -0.1) is 0 Å². The lowest BCUT2D eigenvalue weighted by atomic mass is 10.0. The minimum Gasteiger partial charge on any atom is -0.288 e. The van der Waals surface area contributed by atoms with E-state index >= 15 is 0 Å². The van der Waals surface area contributed by atoms with Gasteiger partial charge in [-0.05, 0) is 17.2 Å². The molecule has 1 aliphatic heterocycles. The van der Waals surface area contributed by atoms with Crippen LogP contribution in [0.4, 0.5) is 0 Å². The van der Waals surface area contributed by atoms with E-state index in [1.165, 1.54) is 6.33 Å². The molecule has 0 unspecified atom stereocenters. The molecule has 0 saturated carbocycles. The topological polar surface area (TPSA) is 38.1 Å². The van der Waals surface area contributed by atoms with Crippen molar-refractivity contribution < 1.29 is 0 Å². The van der Waals surface area contributed by atoms with Crippen molar-refractivity contribution in [2.24, 2.45) is 4.99 Å². The van der Waals surface area contributed by atoms with Gasteiger partial charge in [0, 0.05) is 24.2 Å². The molecular weight excluding hydrogens is 162 g/mol. The summed E-state index contributed by atoms with van der Waals surface area (Å²) in [6, 6.07) is 0. The summed E-state index contributed by atoms with van der Waals surface area (Å²) in [5, 5.41) is 0. The van der Waals surface area contributed by atoms with Crippen LogP contribution in [0.15, 0.2) is 41.9 Å². The molecule has 1 aliphatic rings. The fourth-order valence-corrected chi connectivity index (χ4v) is 1.18. The van der Waals surface area contributed by atoms with E-state index in [9.17, 15) is 0 Å². The molecule has 3 nitrogen and oxygen atoms in total. The van der Waals surface area contributed by atoms with Crippen molar-refractivity contribution in [3.63, 3.8) is 0 Å². The molecule has 0 atom stereocenters. The molecule has 0 bridgehead atoms. The van der Waals surface area contributed by atoms with Gasteiger partial charge in [0.1, 0.15) is 6.33 Å². The minimum atomic E-state index is 0.716. The van der Waals surface area contributed by atoms with E-state index in [2.05, 4.69) is 21.5 Å². The highest BCUT2D eigenvalue weighted by atomic mass is 14.8. The lowest BCUT2D eigenvalue weighted by Crippen LogP contribution is -1.91. The van der Waals surface area contributed by atoms with E-state index in [0.29, 0.717) is 6.54 Å². The molecule has 0 spiro atoms. The van der Waals surface area contributed by atoms with E-state index in [0.717, 1.165) is 16.7 Å². The quantitative estimate of drug-likeness (QED) is 0.676. The molecule has 0 N–H and O–H groups in total. The van der Waals surface area contributed by atoms with Gasteiger partial charge in [0.2, 0.25) is 0 Å². The molecule has 1 aromatic heterocycles. The second kappa shape index (κ2) is 3.31. The number of rotatable bonds is 2. The normalized spacial score (nSPS) is 14.3. The number of aromatic nitrogens is 2. The van der Waals surface area contributed by atoms with Gasteiger partial charge in [-0.1, -0.05) is 6.58 Å². The summed E-state index contributed by atoms with van der Waals surface area (Å²) in [4.78, 5) is 12.0. The maximum absolute atomic E-state index is 4.09. The van der Waals surface area contributed by atoms with Gasteiger partial charge in [-0.3, -0.25) is 4.99 Å². The zero-order valence-corrected chi connectivity index (χ0v) is 7.14. The van der Waals surface area contributed by atoms with Crippen molar-refractivity contribution in [3.05, 3.63) is 42.5 Å². The van der Waals surface area contributed by atoms with Crippen LogP contribution in [-0.2, 0) is 0 Å². The molecule has 64 valence electrons. The molecule has 1 aromatic rings. The van der Waals surface area contributed by atoms with E-state index in [4.69, 9.17) is 0 Å². The van der Waals surface area contributed by atoms with Crippen molar-refractivity contribution >= 4 is 11.8 Å². The predicted octanol–water partition coefficient (Wildman–Crippen LogP) is 1.50. The van der Waals surface area contributed by atoms with Gasteiger partial charge in [-0.25, -0.2) is 9.97 Å². The second-order valence-electron chi connectivity index (χ2n) is 2.79. The average molecular weight is 171 g/mol. The first-order valence-corrected chi connectivity index (χ1v) is 4.01. The Morgan fingerprint density at radius 2 is 2.08 bits per heavy atom. The maximum Gasteiger partial charge on any atom is 0.115 e. The van der Waals surface area contributed by atoms with Crippen LogP contribution in [0.1, 0.15) is 5.56 Å². The van der Waals surface area contributed by atoms with Crippen molar-refractivity contribution in [1.29, 1.82) is 0 Å². The molecule has 0 aliphatic carbocycles. The number of allylic oxidation sites excluding steroid dienone is 1. The summed E-state index contributed by atoms with van der Waals surface area (Å²) >= 11 is 0. The highest BCUT2D eigenvalue weighted by molar-refractivity contribution is 5.87. The van der Waals surface area contributed by atoms with Gasteiger partial charge in [0.05, 0.1) is 6.54 Å². The highest BCUT2D eigenvalue weighted by Gasteiger charge is 2.07. The largest absolute Gasteiger partial charge is 0.288 e. The molecule has 0 saturated heterocycles. The van der Waals surface area contributed by atoms with Crippen LogP contribution in [0, 0.1) is 0 Å².